The maximum atomic E-state index is 12.7. The van der Waals surface area contributed by atoms with Crippen molar-refractivity contribution in [2.45, 2.75) is 18.6 Å². The van der Waals surface area contributed by atoms with Crippen molar-refractivity contribution >= 4 is 11.9 Å². The van der Waals surface area contributed by atoms with Gasteiger partial charge in [0.1, 0.15) is 6.61 Å². The van der Waals surface area contributed by atoms with Crippen molar-refractivity contribution in [3.8, 4) is 23.0 Å². The lowest BCUT2D eigenvalue weighted by Crippen LogP contribution is -2.45. The van der Waals surface area contributed by atoms with Gasteiger partial charge in [-0.3, -0.25) is 9.59 Å². The molecule has 1 aliphatic rings. The summed E-state index contributed by atoms with van der Waals surface area (Å²) < 4.78 is 21.7. The van der Waals surface area contributed by atoms with Crippen LogP contribution in [0.1, 0.15) is 18.0 Å². The molecule has 2 aromatic carbocycles. The summed E-state index contributed by atoms with van der Waals surface area (Å²) in [4.78, 5) is 24.0. The molecule has 0 aliphatic carbocycles. The molecule has 1 aliphatic heterocycles. The van der Waals surface area contributed by atoms with E-state index in [1.807, 2.05) is 6.07 Å². The van der Waals surface area contributed by atoms with E-state index in [9.17, 15) is 14.7 Å². The van der Waals surface area contributed by atoms with Gasteiger partial charge in [-0.1, -0.05) is 18.2 Å². The van der Waals surface area contributed by atoms with E-state index in [4.69, 9.17) is 18.9 Å². The van der Waals surface area contributed by atoms with Gasteiger partial charge in [-0.05, 0) is 29.8 Å². The number of aliphatic carboxylic acids is 1. The van der Waals surface area contributed by atoms with E-state index >= 15 is 0 Å². The third-order valence-corrected chi connectivity index (χ3v) is 4.31. The Bertz CT molecular complexity index is 867. The number of para-hydroxylation sites is 2. The molecular formula is C20H21NO7. The number of hydrogen-bond acceptors (Lipinski definition) is 6. The minimum Gasteiger partial charge on any atom is -0.493 e. The van der Waals surface area contributed by atoms with Gasteiger partial charge in [0, 0.05) is 0 Å². The molecule has 2 N–H and O–H groups in total. The van der Waals surface area contributed by atoms with Gasteiger partial charge in [0.15, 0.2) is 23.0 Å². The second kappa shape index (κ2) is 8.51. The van der Waals surface area contributed by atoms with E-state index in [0.717, 1.165) is 0 Å². The Hall–Kier alpha value is -3.42. The van der Waals surface area contributed by atoms with Gasteiger partial charge >= 0.3 is 5.97 Å². The zero-order valence-electron chi connectivity index (χ0n) is 15.5. The maximum absolute atomic E-state index is 12.7. The van der Waals surface area contributed by atoms with Crippen LogP contribution in [0.25, 0.3) is 0 Å². The largest absolute Gasteiger partial charge is 0.493 e. The molecule has 8 nitrogen and oxygen atoms in total. The minimum atomic E-state index is -1.05. The summed E-state index contributed by atoms with van der Waals surface area (Å²) in [7, 11) is 2.99. The number of methoxy groups -OCH3 is 2. The van der Waals surface area contributed by atoms with Gasteiger partial charge in [0.25, 0.3) is 5.91 Å². The van der Waals surface area contributed by atoms with Crippen LogP contribution >= 0.6 is 0 Å². The van der Waals surface area contributed by atoms with Crippen LogP contribution < -0.4 is 24.3 Å². The summed E-state index contributed by atoms with van der Waals surface area (Å²) in [5.74, 6) is 0.466. The van der Waals surface area contributed by atoms with Gasteiger partial charge in [0.2, 0.25) is 6.10 Å². The summed E-state index contributed by atoms with van der Waals surface area (Å²) in [5, 5.41) is 12.0. The van der Waals surface area contributed by atoms with Gasteiger partial charge in [-0.15, -0.1) is 0 Å². The molecular weight excluding hydrogens is 366 g/mol. The molecule has 28 heavy (non-hydrogen) atoms. The van der Waals surface area contributed by atoms with Gasteiger partial charge < -0.3 is 29.4 Å². The Morgan fingerprint density at radius 3 is 2.54 bits per heavy atom. The number of ether oxygens (including phenoxy) is 4. The Morgan fingerprint density at radius 1 is 1.14 bits per heavy atom. The highest BCUT2D eigenvalue weighted by Crippen LogP contribution is 2.33. The monoisotopic (exact) mass is 387 g/mol. The predicted molar refractivity (Wildman–Crippen MR) is 99.0 cm³/mol. The number of hydrogen-bond donors (Lipinski definition) is 2. The normalized spacial score (nSPS) is 16.0. The van der Waals surface area contributed by atoms with E-state index in [-0.39, 0.29) is 13.0 Å². The quantitative estimate of drug-likeness (QED) is 0.750. The number of fused-ring (bicyclic) bond motifs is 1. The standard InChI is InChI=1S/C20H21NO7/c1-25-14-8-7-12(9-17(14)26-2)13(10-19(22)23)21-20(24)18-11-27-15-5-3-4-6-16(15)28-18/h3-9,13,18H,10-11H2,1-2H3,(H,21,24)(H,22,23). The fraction of sp³-hybridized carbons (Fsp3) is 0.300. The van der Waals surface area contributed by atoms with Crippen LogP contribution in [0.2, 0.25) is 0 Å². The average molecular weight is 387 g/mol. The molecule has 0 bridgehead atoms. The lowest BCUT2D eigenvalue weighted by Gasteiger charge is -2.27. The lowest BCUT2D eigenvalue weighted by atomic mass is 10.0. The molecule has 2 aromatic rings. The number of amides is 1. The Morgan fingerprint density at radius 2 is 1.86 bits per heavy atom. The second-order valence-corrected chi connectivity index (χ2v) is 6.14. The zero-order valence-corrected chi connectivity index (χ0v) is 15.5. The molecule has 0 radical (unpaired) electrons. The van der Waals surface area contributed by atoms with Crippen molar-refractivity contribution in [3.63, 3.8) is 0 Å². The highest BCUT2D eigenvalue weighted by atomic mass is 16.6. The van der Waals surface area contributed by atoms with E-state index in [1.165, 1.54) is 14.2 Å². The topological polar surface area (TPSA) is 103 Å². The van der Waals surface area contributed by atoms with Crippen LogP contribution in [-0.4, -0.2) is 43.9 Å². The summed E-state index contributed by atoms with van der Waals surface area (Å²) >= 11 is 0. The number of nitrogens with one attached hydrogen (secondary N) is 1. The summed E-state index contributed by atoms with van der Waals surface area (Å²) in [6, 6.07) is 11.2. The maximum Gasteiger partial charge on any atom is 0.305 e. The molecule has 0 spiro atoms. The molecule has 0 fully saturated rings. The molecule has 0 aromatic heterocycles. The minimum absolute atomic E-state index is 0.0363. The molecule has 2 atom stereocenters. The van der Waals surface area contributed by atoms with Crippen molar-refractivity contribution in [1.82, 2.24) is 5.32 Å². The average Bonchev–Trinajstić information content (AvgIpc) is 2.71. The highest BCUT2D eigenvalue weighted by Gasteiger charge is 2.30. The molecule has 8 heteroatoms. The first-order valence-corrected chi connectivity index (χ1v) is 8.64. The zero-order chi connectivity index (χ0) is 20.1. The van der Waals surface area contributed by atoms with E-state index in [1.54, 1.807) is 36.4 Å². The smallest absolute Gasteiger partial charge is 0.305 e. The fourth-order valence-electron chi connectivity index (χ4n) is 2.91. The number of benzene rings is 2. The number of carboxylic acid groups (broad SMARTS) is 1. The van der Waals surface area contributed by atoms with Crippen molar-refractivity contribution in [2.75, 3.05) is 20.8 Å². The Kier molecular flexibility index (Phi) is 5.88. The first kappa shape index (κ1) is 19.3. The van der Waals surface area contributed by atoms with Crippen LogP contribution in [0.5, 0.6) is 23.0 Å². The van der Waals surface area contributed by atoms with Crippen molar-refractivity contribution < 1.29 is 33.6 Å². The highest BCUT2D eigenvalue weighted by molar-refractivity contribution is 5.83. The molecule has 0 saturated heterocycles. The molecule has 3 rings (SSSR count). The first-order chi connectivity index (χ1) is 13.5. The molecule has 1 amide bonds. The van der Waals surface area contributed by atoms with Crippen molar-refractivity contribution in [1.29, 1.82) is 0 Å². The summed E-state index contributed by atoms with van der Waals surface area (Å²) in [6.45, 7) is 0.0363. The van der Waals surface area contributed by atoms with Crippen LogP contribution in [-0.2, 0) is 9.59 Å². The molecule has 0 saturated carbocycles. The molecule has 1 heterocycles. The number of rotatable bonds is 7. The summed E-state index contributed by atoms with van der Waals surface area (Å²) in [6.07, 6.45) is -1.18. The van der Waals surface area contributed by atoms with Gasteiger partial charge in [0.05, 0.1) is 26.7 Å². The Labute approximate surface area is 162 Å². The van der Waals surface area contributed by atoms with Crippen molar-refractivity contribution in [3.05, 3.63) is 48.0 Å². The second-order valence-electron chi connectivity index (χ2n) is 6.14. The van der Waals surface area contributed by atoms with Gasteiger partial charge in [-0.25, -0.2) is 0 Å². The van der Waals surface area contributed by atoms with E-state index in [0.29, 0.717) is 28.6 Å². The Balaban J connectivity index is 1.78. The third-order valence-electron chi connectivity index (χ3n) is 4.31. The lowest BCUT2D eigenvalue weighted by molar-refractivity contribution is -0.138. The van der Waals surface area contributed by atoms with E-state index in [2.05, 4.69) is 5.32 Å². The van der Waals surface area contributed by atoms with Crippen LogP contribution in [0.3, 0.4) is 0 Å². The predicted octanol–water partition coefficient (Wildman–Crippen LogP) is 2.18. The SMILES string of the molecule is COc1ccc(C(CC(=O)O)NC(=O)C2COc3ccccc3O2)cc1OC. The van der Waals surface area contributed by atoms with E-state index < -0.39 is 24.0 Å². The van der Waals surface area contributed by atoms with Crippen LogP contribution in [0, 0.1) is 0 Å². The number of carbonyl (C=O) groups excluding carboxylic acids is 1. The fourth-order valence-corrected chi connectivity index (χ4v) is 2.91. The molecule has 2 unspecified atom stereocenters. The van der Waals surface area contributed by atoms with Crippen molar-refractivity contribution in [2.24, 2.45) is 0 Å². The first-order valence-electron chi connectivity index (χ1n) is 8.64. The van der Waals surface area contributed by atoms with Gasteiger partial charge in [-0.2, -0.15) is 0 Å². The summed E-state index contributed by atoms with van der Waals surface area (Å²) in [5.41, 5.74) is 0.575. The third kappa shape index (κ3) is 4.28. The number of carbonyl (C=O) groups is 2. The molecule has 148 valence electrons. The van der Waals surface area contributed by atoms with Crippen LogP contribution in [0.4, 0.5) is 0 Å². The number of carboxylic acids is 1. The van der Waals surface area contributed by atoms with Crippen LogP contribution in [0.15, 0.2) is 42.5 Å².